The normalized spacial score (nSPS) is 12.2. The van der Waals surface area contributed by atoms with Crippen molar-refractivity contribution in [2.75, 3.05) is 6.61 Å². The van der Waals surface area contributed by atoms with Crippen LogP contribution in [0.15, 0.2) is 121 Å². The molecule has 4 nitrogen and oxygen atoms in total. The smallest absolute Gasteiger partial charge is 0.196 e. The molecule has 2 atom stereocenters. The zero-order valence-corrected chi connectivity index (χ0v) is 23.0. The van der Waals surface area contributed by atoms with E-state index in [-0.39, 0.29) is 17.7 Å². The number of hydrogen-bond acceptors (Lipinski definition) is 4. The van der Waals surface area contributed by atoms with Crippen LogP contribution in [0.25, 0.3) is 0 Å². The maximum absolute atomic E-state index is 12.6. The van der Waals surface area contributed by atoms with Crippen molar-refractivity contribution in [2.45, 2.75) is 51.9 Å². The van der Waals surface area contributed by atoms with Crippen LogP contribution in [0.5, 0.6) is 0 Å². The Labute approximate surface area is 232 Å². The molecule has 0 radical (unpaired) electrons. The molecule has 0 aliphatic rings. The molecule has 4 aromatic carbocycles. The molecule has 0 fully saturated rings. The van der Waals surface area contributed by atoms with Gasteiger partial charge >= 0.3 is 0 Å². The molecule has 0 saturated heterocycles. The average Bonchev–Trinajstić information content (AvgIpc) is 2.99. The quantitative estimate of drug-likeness (QED) is 0.138. The minimum absolute atomic E-state index is 0.000463. The van der Waals surface area contributed by atoms with Crippen molar-refractivity contribution in [3.63, 3.8) is 0 Å². The van der Waals surface area contributed by atoms with Gasteiger partial charge in [-0.15, -0.1) is 0 Å². The van der Waals surface area contributed by atoms with Crippen LogP contribution >= 0.6 is 0 Å². The fraction of sp³-hybridized carbons (Fsp3) is 0.257. The summed E-state index contributed by atoms with van der Waals surface area (Å²) >= 11 is 0. The molecule has 4 heteroatoms. The summed E-state index contributed by atoms with van der Waals surface area (Å²) in [7, 11) is 0. The predicted octanol–water partition coefficient (Wildman–Crippen LogP) is 8.46. The molecule has 0 aliphatic carbocycles. The van der Waals surface area contributed by atoms with Crippen molar-refractivity contribution in [3.8, 4) is 0 Å². The highest BCUT2D eigenvalue weighted by atomic mass is 16.5. The summed E-state index contributed by atoms with van der Waals surface area (Å²) in [6.45, 7) is 6.59. The van der Waals surface area contributed by atoms with Gasteiger partial charge in [-0.1, -0.05) is 135 Å². The highest BCUT2D eigenvalue weighted by Crippen LogP contribution is 2.24. The van der Waals surface area contributed by atoms with E-state index < -0.39 is 12.2 Å². The second kappa shape index (κ2) is 16.2. The van der Waals surface area contributed by atoms with Crippen molar-refractivity contribution in [3.05, 3.63) is 144 Å². The summed E-state index contributed by atoms with van der Waals surface area (Å²) in [5.41, 5.74) is 3.18. The summed E-state index contributed by atoms with van der Waals surface area (Å²) in [4.78, 5) is 25.2. The maximum atomic E-state index is 12.6. The van der Waals surface area contributed by atoms with Gasteiger partial charge in [0, 0.05) is 17.7 Å². The topological polar surface area (TPSA) is 52.6 Å². The number of carbonyl (C=O) groups excluding carboxylic acids is 2. The van der Waals surface area contributed by atoms with E-state index in [9.17, 15) is 9.59 Å². The largest absolute Gasteiger partial charge is 0.365 e. The van der Waals surface area contributed by atoms with E-state index in [1.807, 2.05) is 135 Å². The molecule has 4 rings (SSSR count). The molecule has 0 saturated carbocycles. The third-order valence-electron chi connectivity index (χ3n) is 5.99. The molecule has 4 aromatic rings. The van der Waals surface area contributed by atoms with Gasteiger partial charge < -0.3 is 9.47 Å². The molecule has 0 N–H and O–H groups in total. The van der Waals surface area contributed by atoms with E-state index in [2.05, 4.69) is 6.92 Å². The number of benzene rings is 4. The minimum Gasteiger partial charge on any atom is -0.365 e. The van der Waals surface area contributed by atoms with Crippen molar-refractivity contribution >= 4 is 11.6 Å². The SMILES string of the molecule is CC(C)OC(C(=O)c1ccccc1)c1ccccc1.CCCCOC(C(=O)c1ccccc1)c1ccccc1. The Bertz CT molecular complexity index is 1240. The fourth-order valence-electron chi connectivity index (χ4n) is 4.00. The molecule has 0 aliphatic heterocycles. The number of rotatable bonds is 12. The zero-order valence-electron chi connectivity index (χ0n) is 23.0. The van der Waals surface area contributed by atoms with Gasteiger partial charge in [0.05, 0.1) is 6.10 Å². The van der Waals surface area contributed by atoms with Gasteiger partial charge in [-0.05, 0) is 31.4 Å². The first-order chi connectivity index (χ1) is 19.0. The minimum atomic E-state index is -0.538. The third-order valence-corrected chi connectivity index (χ3v) is 5.99. The Balaban J connectivity index is 0.000000216. The standard InChI is InChI=1S/C18H20O2.C17H18O2/c1-2-3-14-20-18(16-12-8-5-9-13-16)17(19)15-10-6-4-7-11-15;1-13(2)19-17(15-11-7-4-8-12-15)16(18)14-9-5-3-6-10-14/h4-13,18H,2-3,14H2,1H3;3-13,17H,1-2H3. The molecule has 39 heavy (non-hydrogen) atoms. The van der Waals surface area contributed by atoms with Gasteiger partial charge in [0.25, 0.3) is 0 Å². The summed E-state index contributed by atoms with van der Waals surface area (Å²) < 4.78 is 11.6. The van der Waals surface area contributed by atoms with Crippen molar-refractivity contribution < 1.29 is 19.1 Å². The Morgan fingerprint density at radius 1 is 0.590 bits per heavy atom. The van der Waals surface area contributed by atoms with Crippen molar-refractivity contribution in [1.82, 2.24) is 0 Å². The van der Waals surface area contributed by atoms with Crippen molar-refractivity contribution in [1.29, 1.82) is 0 Å². The highest BCUT2D eigenvalue weighted by molar-refractivity contribution is 6.00. The number of ketones is 2. The Hall–Kier alpha value is -3.86. The first-order valence-corrected chi connectivity index (χ1v) is 13.6. The lowest BCUT2D eigenvalue weighted by Gasteiger charge is -2.19. The maximum Gasteiger partial charge on any atom is 0.196 e. The highest BCUT2D eigenvalue weighted by Gasteiger charge is 2.24. The van der Waals surface area contributed by atoms with Gasteiger partial charge in [-0.2, -0.15) is 0 Å². The molecular formula is C35H38O4. The van der Waals surface area contributed by atoms with Crippen LogP contribution in [0, 0.1) is 0 Å². The van der Waals surface area contributed by atoms with Crippen LogP contribution in [-0.2, 0) is 9.47 Å². The molecule has 202 valence electrons. The number of Topliss-reactive ketones (excluding diaryl/α,β-unsaturated/α-hetero) is 2. The van der Waals surface area contributed by atoms with E-state index >= 15 is 0 Å². The number of carbonyl (C=O) groups is 2. The lowest BCUT2D eigenvalue weighted by Crippen LogP contribution is -2.19. The van der Waals surface area contributed by atoms with Crippen LogP contribution in [0.4, 0.5) is 0 Å². The molecule has 0 aromatic heterocycles. The lowest BCUT2D eigenvalue weighted by atomic mass is 9.99. The van der Waals surface area contributed by atoms with Crippen LogP contribution < -0.4 is 0 Å². The van der Waals surface area contributed by atoms with Crippen LogP contribution in [0.3, 0.4) is 0 Å². The van der Waals surface area contributed by atoms with E-state index in [0.29, 0.717) is 17.7 Å². The van der Waals surface area contributed by atoms with Gasteiger partial charge in [-0.3, -0.25) is 9.59 Å². The van der Waals surface area contributed by atoms with Crippen molar-refractivity contribution in [2.24, 2.45) is 0 Å². The van der Waals surface area contributed by atoms with Gasteiger partial charge in [-0.25, -0.2) is 0 Å². The second-order valence-corrected chi connectivity index (χ2v) is 9.45. The van der Waals surface area contributed by atoms with Gasteiger partial charge in [0.2, 0.25) is 0 Å². The third kappa shape index (κ3) is 9.43. The van der Waals surface area contributed by atoms with Crippen LogP contribution in [-0.4, -0.2) is 24.3 Å². The summed E-state index contributed by atoms with van der Waals surface area (Å²) in [6.07, 6.45) is 0.971. The fourth-order valence-corrected chi connectivity index (χ4v) is 4.00. The number of hydrogen-bond donors (Lipinski definition) is 0. The summed E-state index contributed by atoms with van der Waals surface area (Å²) in [6, 6.07) is 37.9. The number of ether oxygens (including phenoxy) is 2. The molecule has 0 spiro atoms. The van der Waals surface area contributed by atoms with Gasteiger partial charge in [0.15, 0.2) is 11.6 Å². The monoisotopic (exact) mass is 522 g/mol. The van der Waals surface area contributed by atoms with Gasteiger partial charge in [0.1, 0.15) is 12.2 Å². The van der Waals surface area contributed by atoms with Crippen LogP contribution in [0.1, 0.15) is 77.7 Å². The second-order valence-electron chi connectivity index (χ2n) is 9.45. The van der Waals surface area contributed by atoms with Crippen LogP contribution in [0.2, 0.25) is 0 Å². The summed E-state index contributed by atoms with van der Waals surface area (Å²) in [5.74, 6) is 0.0217. The van der Waals surface area contributed by atoms with E-state index in [1.165, 1.54) is 0 Å². The molecule has 0 amide bonds. The predicted molar refractivity (Wildman–Crippen MR) is 157 cm³/mol. The first kappa shape index (κ1) is 29.7. The first-order valence-electron chi connectivity index (χ1n) is 13.6. The average molecular weight is 523 g/mol. The zero-order chi connectivity index (χ0) is 27.9. The Morgan fingerprint density at radius 3 is 1.38 bits per heavy atom. The lowest BCUT2D eigenvalue weighted by molar-refractivity contribution is 0.0114. The molecular weight excluding hydrogens is 484 g/mol. The molecule has 2 unspecified atom stereocenters. The van der Waals surface area contributed by atoms with E-state index in [0.717, 1.165) is 24.0 Å². The Morgan fingerprint density at radius 2 is 0.974 bits per heavy atom. The summed E-state index contributed by atoms with van der Waals surface area (Å²) in [5, 5.41) is 0. The number of unbranched alkanes of at least 4 members (excludes halogenated alkanes) is 1. The van der Waals surface area contributed by atoms with E-state index in [4.69, 9.17) is 9.47 Å². The molecule has 0 bridgehead atoms. The van der Waals surface area contributed by atoms with E-state index in [1.54, 1.807) is 0 Å². The Kier molecular flexibility index (Phi) is 12.3. The molecule has 0 heterocycles.